The van der Waals surface area contributed by atoms with Gasteiger partial charge in [-0.3, -0.25) is 9.59 Å². The number of ether oxygens (including phenoxy) is 3. The number of ketones is 1. The first-order valence-electron chi connectivity index (χ1n) is 12.3. The summed E-state index contributed by atoms with van der Waals surface area (Å²) in [4.78, 5) is 25.0. The van der Waals surface area contributed by atoms with Gasteiger partial charge in [0, 0.05) is 36.8 Å². The predicted octanol–water partition coefficient (Wildman–Crippen LogP) is 4.41. The number of piperidine rings is 1. The molecule has 1 N–H and O–H groups in total. The molecule has 0 atom stereocenters. The van der Waals surface area contributed by atoms with E-state index in [4.69, 9.17) is 14.2 Å². The number of anilines is 1. The Morgan fingerprint density at radius 3 is 1.88 bits per heavy atom. The van der Waals surface area contributed by atoms with Gasteiger partial charge in [-0.05, 0) is 59.7 Å². The van der Waals surface area contributed by atoms with E-state index in [9.17, 15) is 18.0 Å². The SMILES string of the molecule is COc1cc(C=C2CN(S(=O)(=O)c3ccc(NC(C)=O)cc3)CC(=Cc3ccccc3)C2=O)cc(OC)c1OC. The van der Waals surface area contributed by atoms with E-state index in [1.54, 1.807) is 24.3 Å². The zero-order chi connectivity index (χ0) is 28.9. The Hall–Kier alpha value is -4.41. The molecule has 1 saturated heterocycles. The molecule has 10 heteroatoms. The number of carbonyl (C=O) groups is 2. The molecule has 0 bridgehead atoms. The molecule has 3 aromatic rings. The number of sulfonamides is 1. The van der Waals surface area contributed by atoms with E-state index in [1.807, 2.05) is 30.3 Å². The van der Waals surface area contributed by atoms with Gasteiger partial charge in [-0.1, -0.05) is 30.3 Å². The summed E-state index contributed by atoms with van der Waals surface area (Å²) in [6.45, 7) is 1.13. The van der Waals surface area contributed by atoms with Crippen molar-refractivity contribution in [3.8, 4) is 17.2 Å². The van der Waals surface area contributed by atoms with E-state index < -0.39 is 10.0 Å². The lowest BCUT2D eigenvalue weighted by atomic mass is 9.95. The summed E-state index contributed by atoms with van der Waals surface area (Å²) >= 11 is 0. The van der Waals surface area contributed by atoms with Gasteiger partial charge in [0.15, 0.2) is 17.3 Å². The second kappa shape index (κ2) is 12.2. The molecule has 1 amide bonds. The van der Waals surface area contributed by atoms with E-state index in [2.05, 4.69) is 5.32 Å². The molecule has 0 unspecified atom stereocenters. The van der Waals surface area contributed by atoms with Crippen LogP contribution < -0.4 is 19.5 Å². The standard InChI is InChI=1S/C30H30N2O7S/c1-20(33)31-25-10-12-26(13-11-25)40(35,36)32-18-23(14-21-8-6-5-7-9-21)29(34)24(19-32)15-22-16-27(37-2)30(39-4)28(17-22)38-3/h5-17H,18-19H2,1-4H3,(H,31,33). The normalized spacial score (nSPS) is 16.1. The zero-order valence-corrected chi connectivity index (χ0v) is 23.4. The minimum Gasteiger partial charge on any atom is -0.493 e. The number of nitrogens with one attached hydrogen (secondary N) is 1. The van der Waals surface area contributed by atoms with Crippen molar-refractivity contribution >= 4 is 39.6 Å². The van der Waals surface area contributed by atoms with Crippen LogP contribution in [0.5, 0.6) is 17.2 Å². The number of Topliss-reactive ketones (excluding diaryl/α,β-unsaturated/α-hetero) is 1. The third-order valence-electron chi connectivity index (χ3n) is 6.26. The first kappa shape index (κ1) is 28.6. The Morgan fingerprint density at radius 2 is 1.38 bits per heavy atom. The highest BCUT2D eigenvalue weighted by atomic mass is 32.2. The number of hydrogen-bond acceptors (Lipinski definition) is 7. The number of rotatable bonds is 8. The number of methoxy groups -OCH3 is 3. The molecular formula is C30H30N2O7S. The van der Waals surface area contributed by atoms with Gasteiger partial charge in [-0.15, -0.1) is 0 Å². The van der Waals surface area contributed by atoms with Crippen molar-refractivity contribution in [1.82, 2.24) is 4.31 Å². The van der Waals surface area contributed by atoms with Crippen LogP contribution in [-0.2, 0) is 19.6 Å². The van der Waals surface area contributed by atoms with Crippen LogP contribution in [0.1, 0.15) is 18.1 Å². The van der Waals surface area contributed by atoms with Crippen LogP contribution in [0.2, 0.25) is 0 Å². The van der Waals surface area contributed by atoms with Crippen LogP contribution in [0.3, 0.4) is 0 Å². The number of nitrogens with zero attached hydrogens (tertiary/aromatic N) is 1. The summed E-state index contributed by atoms with van der Waals surface area (Å²) in [5.41, 5.74) is 2.44. The molecule has 1 fully saturated rings. The van der Waals surface area contributed by atoms with Gasteiger partial charge < -0.3 is 19.5 Å². The van der Waals surface area contributed by atoms with Crippen molar-refractivity contribution in [3.63, 3.8) is 0 Å². The maximum Gasteiger partial charge on any atom is 0.243 e. The summed E-state index contributed by atoms with van der Waals surface area (Å²) in [6.07, 6.45) is 3.33. The summed E-state index contributed by atoms with van der Waals surface area (Å²) in [6, 6.07) is 18.5. The smallest absolute Gasteiger partial charge is 0.243 e. The van der Waals surface area contributed by atoms with Crippen LogP contribution >= 0.6 is 0 Å². The molecule has 0 radical (unpaired) electrons. The molecule has 40 heavy (non-hydrogen) atoms. The van der Waals surface area contributed by atoms with Crippen LogP contribution in [0.4, 0.5) is 5.69 Å². The summed E-state index contributed by atoms with van der Waals surface area (Å²) in [5.74, 6) is 0.688. The van der Waals surface area contributed by atoms with Gasteiger partial charge >= 0.3 is 0 Å². The average molecular weight is 563 g/mol. The Bertz CT molecular complexity index is 1550. The minimum atomic E-state index is -4.00. The lowest BCUT2D eigenvalue weighted by molar-refractivity contribution is -0.114. The van der Waals surface area contributed by atoms with Crippen LogP contribution in [-0.4, -0.2) is 58.8 Å². The maximum absolute atomic E-state index is 13.7. The Morgan fingerprint density at radius 1 is 0.825 bits per heavy atom. The molecule has 4 rings (SSSR count). The molecule has 0 aromatic heterocycles. The lowest BCUT2D eigenvalue weighted by Crippen LogP contribution is -2.41. The maximum atomic E-state index is 13.7. The Balaban J connectivity index is 1.78. The van der Waals surface area contributed by atoms with E-state index in [1.165, 1.54) is 56.8 Å². The molecule has 0 saturated carbocycles. The van der Waals surface area contributed by atoms with Crippen molar-refractivity contribution in [2.45, 2.75) is 11.8 Å². The molecule has 0 spiro atoms. The molecule has 208 valence electrons. The summed E-state index contributed by atoms with van der Waals surface area (Å²) in [5, 5.41) is 2.62. The van der Waals surface area contributed by atoms with E-state index in [0.717, 1.165) is 5.56 Å². The van der Waals surface area contributed by atoms with Crippen LogP contribution in [0, 0.1) is 0 Å². The second-order valence-corrected chi connectivity index (χ2v) is 11.0. The fraction of sp³-hybridized carbons (Fsp3) is 0.200. The number of carbonyl (C=O) groups excluding carboxylic acids is 2. The second-order valence-electron chi connectivity index (χ2n) is 9.02. The lowest BCUT2D eigenvalue weighted by Gasteiger charge is -2.29. The van der Waals surface area contributed by atoms with Gasteiger partial charge in [0.1, 0.15) is 0 Å². The van der Waals surface area contributed by atoms with Crippen molar-refractivity contribution in [2.24, 2.45) is 0 Å². The van der Waals surface area contributed by atoms with Gasteiger partial charge in [0.25, 0.3) is 0 Å². The van der Waals surface area contributed by atoms with Gasteiger partial charge in [0.2, 0.25) is 21.7 Å². The summed E-state index contributed by atoms with van der Waals surface area (Å²) < 4.78 is 45.0. The molecule has 3 aromatic carbocycles. The highest BCUT2D eigenvalue weighted by Crippen LogP contribution is 2.39. The van der Waals surface area contributed by atoms with Crippen LogP contribution in [0.15, 0.2) is 82.8 Å². The molecule has 0 aliphatic carbocycles. The average Bonchev–Trinajstić information content (AvgIpc) is 2.95. The van der Waals surface area contributed by atoms with Crippen molar-refractivity contribution in [3.05, 3.63) is 89.0 Å². The summed E-state index contributed by atoms with van der Waals surface area (Å²) in [7, 11) is 0.480. The van der Waals surface area contributed by atoms with Gasteiger partial charge in [-0.2, -0.15) is 4.31 Å². The Kier molecular flexibility index (Phi) is 8.71. The van der Waals surface area contributed by atoms with Crippen molar-refractivity contribution in [1.29, 1.82) is 0 Å². The van der Waals surface area contributed by atoms with Crippen molar-refractivity contribution in [2.75, 3.05) is 39.7 Å². The monoisotopic (exact) mass is 562 g/mol. The fourth-order valence-corrected chi connectivity index (χ4v) is 5.77. The number of amides is 1. The number of benzene rings is 3. The largest absolute Gasteiger partial charge is 0.493 e. The van der Waals surface area contributed by atoms with Gasteiger partial charge in [-0.25, -0.2) is 8.42 Å². The molecule has 1 aliphatic heterocycles. The Labute approximate surface area is 233 Å². The molecular weight excluding hydrogens is 532 g/mol. The highest BCUT2D eigenvalue weighted by molar-refractivity contribution is 7.89. The molecule has 9 nitrogen and oxygen atoms in total. The topological polar surface area (TPSA) is 111 Å². The fourth-order valence-electron chi connectivity index (χ4n) is 4.38. The third-order valence-corrected chi connectivity index (χ3v) is 8.06. The van der Waals surface area contributed by atoms with Crippen molar-refractivity contribution < 1.29 is 32.2 Å². The van der Waals surface area contributed by atoms with E-state index >= 15 is 0 Å². The first-order valence-corrected chi connectivity index (χ1v) is 13.8. The van der Waals surface area contributed by atoms with Crippen LogP contribution in [0.25, 0.3) is 12.2 Å². The third kappa shape index (κ3) is 6.24. The predicted molar refractivity (Wildman–Crippen MR) is 153 cm³/mol. The quantitative estimate of drug-likeness (QED) is 0.405. The first-order chi connectivity index (χ1) is 19.2. The number of hydrogen-bond donors (Lipinski definition) is 1. The minimum absolute atomic E-state index is 0.0437. The van der Waals surface area contributed by atoms with E-state index in [-0.39, 0.29) is 35.2 Å². The van der Waals surface area contributed by atoms with Gasteiger partial charge in [0.05, 0.1) is 26.2 Å². The van der Waals surface area contributed by atoms with E-state index in [0.29, 0.717) is 34.1 Å². The molecule has 1 heterocycles. The zero-order valence-electron chi connectivity index (χ0n) is 22.6. The molecule has 1 aliphatic rings. The highest BCUT2D eigenvalue weighted by Gasteiger charge is 2.34.